The third-order valence-electron chi connectivity index (χ3n) is 3.91. The Morgan fingerprint density at radius 2 is 2.43 bits per heavy atom. The van der Waals surface area contributed by atoms with Crippen molar-refractivity contribution in [2.45, 2.75) is 13.3 Å². The molecule has 3 rings (SSSR count). The number of nitrogens with zero attached hydrogens (tertiary/aromatic N) is 4. The average Bonchev–Trinajstić information content (AvgIpc) is 3.27. The van der Waals surface area contributed by atoms with E-state index in [1.165, 1.54) is 0 Å². The van der Waals surface area contributed by atoms with E-state index in [2.05, 4.69) is 15.4 Å². The Bertz CT molecular complexity index is 620. The Morgan fingerprint density at radius 3 is 3.04 bits per heavy atom. The summed E-state index contributed by atoms with van der Waals surface area (Å²) in [7, 11) is 0. The van der Waals surface area contributed by atoms with Gasteiger partial charge >= 0.3 is 6.03 Å². The lowest BCUT2D eigenvalue weighted by Gasteiger charge is -2.24. The summed E-state index contributed by atoms with van der Waals surface area (Å²) in [4.78, 5) is 18.5. The van der Waals surface area contributed by atoms with Crippen LogP contribution < -0.4 is 5.32 Å². The molecule has 0 aromatic carbocycles. The lowest BCUT2D eigenvalue weighted by atomic mass is 10.1. The third-order valence-corrected chi connectivity index (χ3v) is 3.91. The zero-order valence-corrected chi connectivity index (χ0v) is 13.2. The number of amides is 2. The molecule has 1 atom stereocenters. The van der Waals surface area contributed by atoms with E-state index in [4.69, 9.17) is 4.74 Å². The standard InChI is InChI=1S/C16H21N5O2/c1-2-20(11-13-6-9-23-12-13)16(22)19-14-4-5-15(17-10-14)21-8-3-7-18-21/h3-5,7-8,10,13H,2,6,9,11-12H2,1H3,(H,19,22). The molecule has 122 valence electrons. The van der Waals surface area contributed by atoms with Gasteiger partial charge in [0, 0.05) is 38.0 Å². The molecule has 0 spiro atoms. The van der Waals surface area contributed by atoms with E-state index < -0.39 is 0 Å². The number of carbonyl (C=O) groups is 1. The van der Waals surface area contributed by atoms with Crippen LogP contribution in [0, 0.1) is 5.92 Å². The summed E-state index contributed by atoms with van der Waals surface area (Å²) in [5.41, 5.74) is 0.673. The molecule has 1 saturated heterocycles. The Hall–Kier alpha value is -2.41. The summed E-state index contributed by atoms with van der Waals surface area (Å²) in [6, 6.07) is 5.38. The quantitative estimate of drug-likeness (QED) is 0.917. The molecule has 2 aromatic heterocycles. The fourth-order valence-corrected chi connectivity index (χ4v) is 2.60. The first-order valence-corrected chi connectivity index (χ1v) is 7.86. The van der Waals surface area contributed by atoms with Gasteiger partial charge in [0.15, 0.2) is 5.82 Å². The minimum atomic E-state index is -0.104. The number of pyridine rings is 1. The summed E-state index contributed by atoms with van der Waals surface area (Å²) < 4.78 is 7.04. The number of carbonyl (C=O) groups excluding carboxylic acids is 1. The molecule has 1 unspecified atom stereocenters. The van der Waals surface area contributed by atoms with Gasteiger partial charge in [-0.05, 0) is 31.5 Å². The van der Waals surface area contributed by atoms with Crippen LogP contribution in [0.3, 0.4) is 0 Å². The topological polar surface area (TPSA) is 72.3 Å². The summed E-state index contributed by atoms with van der Waals surface area (Å²) in [6.45, 7) is 4.91. The van der Waals surface area contributed by atoms with E-state index in [1.54, 1.807) is 22.0 Å². The summed E-state index contributed by atoms with van der Waals surface area (Å²) in [6.07, 6.45) is 6.18. The minimum Gasteiger partial charge on any atom is -0.381 e. The van der Waals surface area contributed by atoms with Gasteiger partial charge in [0.25, 0.3) is 0 Å². The van der Waals surface area contributed by atoms with Gasteiger partial charge in [0.2, 0.25) is 0 Å². The van der Waals surface area contributed by atoms with Crippen LogP contribution in [-0.4, -0.2) is 52.0 Å². The highest BCUT2D eigenvalue weighted by Crippen LogP contribution is 2.15. The maximum atomic E-state index is 12.4. The molecule has 1 fully saturated rings. The van der Waals surface area contributed by atoms with Crippen LogP contribution in [0.15, 0.2) is 36.8 Å². The number of nitrogens with one attached hydrogen (secondary N) is 1. The molecule has 0 aliphatic carbocycles. The van der Waals surface area contributed by atoms with Gasteiger partial charge in [-0.15, -0.1) is 0 Å². The third kappa shape index (κ3) is 3.87. The molecule has 0 bridgehead atoms. The van der Waals surface area contributed by atoms with E-state index in [0.29, 0.717) is 24.0 Å². The van der Waals surface area contributed by atoms with Crippen LogP contribution in [0.25, 0.3) is 5.82 Å². The zero-order valence-electron chi connectivity index (χ0n) is 13.2. The molecule has 2 aromatic rings. The second-order valence-electron chi connectivity index (χ2n) is 5.55. The average molecular weight is 315 g/mol. The fraction of sp³-hybridized carbons (Fsp3) is 0.438. The molecule has 1 aliphatic heterocycles. The summed E-state index contributed by atoms with van der Waals surface area (Å²) >= 11 is 0. The lowest BCUT2D eigenvalue weighted by molar-refractivity contribution is 0.171. The molecule has 3 heterocycles. The Balaban J connectivity index is 1.59. The van der Waals surface area contributed by atoms with Crippen LogP contribution >= 0.6 is 0 Å². The molecule has 2 amide bonds. The van der Waals surface area contributed by atoms with Crippen molar-refractivity contribution in [3.63, 3.8) is 0 Å². The number of hydrogen-bond acceptors (Lipinski definition) is 4. The first-order chi connectivity index (χ1) is 11.3. The van der Waals surface area contributed by atoms with Gasteiger partial charge in [0.05, 0.1) is 18.5 Å². The molecule has 7 heteroatoms. The van der Waals surface area contributed by atoms with Gasteiger partial charge in [-0.25, -0.2) is 14.5 Å². The minimum absolute atomic E-state index is 0.104. The van der Waals surface area contributed by atoms with Gasteiger partial charge in [-0.1, -0.05) is 0 Å². The highest BCUT2D eigenvalue weighted by atomic mass is 16.5. The normalized spacial score (nSPS) is 17.2. The van der Waals surface area contributed by atoms with Crippen LogP contribution in [0.2, 0.25) is 0 Å². The van der Waals surface area contributed by atoms with Crippen molar-refractivity contribution in [1.29, 1.82) is 0 Å². The molecule has 23 heavy (non-hydrogen) atoms. The van der Waals surface area contributed by atoms with Crippen molar-refractivity contribution < 1.29 is 9.53 Å². The number of aromatic nitrogens is 3. The van der Waals surface area contributed by atoms with E-state index >= 15 is 0 Å². The number of hydrogen-bond donors (Lipinski definition) is 1. The zero-order chi connectivity index (χ0) is 16.1. The fourth-order valence-electron chi connectivity index (χ4n) is 2.60. The van der Waals surface area contributed by atoms with Crippen LogP contribution in [0.1, 0.15) is 13.3 Å². The van der Waals surface area contributed by atoms with Crippen molar-refractivity contribution in [3.05, 3.63) is 36.8 Å². The highest BCUT2D eigenvalue weighted by Gasteiger charge is 2.21. The molecular weight excluding hydrogens is 294 g/mol. The number of ether oxygens (including phenoxy) is 1. The predicted octanol–water partition coefficient (Wildman–Crippen LogP) is 2.16. The van der Waals surface area contributed by atoms with Crippen LogP contribution in [0.5, 0.6) is 0 Å². The maximum absolute atomic E-state index is 12.4. The number of anilines is 1. The van der Waals surface area contributed by atoms with Gasteiger partial charge in [0.1, 0.15) is 0 Å². The lowest BCUT2D eigenvalue weighted by Crippen LogP contribution is -2.38. The summed E-state index contributed by atoms with van der Waals surface area (Å²) in [5, 5.41) is 7.02. The van der Waals surface area contributed by atoms with Gasteiger partial charge < -0.3 is 15.0 Å². The molecule has 7 nitrogen and oxygen atoms in total. The van der Waals surface area contributed by atoms with Crippen molar-refractivity contribution in [2.24, 2.45) is 5.92 Å². The summed E-state index contributed by atoms with van der Waals surface area (Å²) in [5.74, 6) is 1.14. The van der Waals surface area contributed by atoms with Crippen molar-refractivity contribution in [1.82, 2.24) is 19.7 Å². The Kier molecular flexibility index (Phi) is 4.87. The predicted molar refractivity (Wildman–Crippen MR) is 86.6 cm³/mol. The largest absolute Gasteiger partial charge is 0.381 e. The highest BCUT2D eigenvalue weighted by molar-refractivity contribution is 5.89. The smallest absolute Gasteiger partial charge is 0.321 e. The van der Waals surface area contributed by atoms with E-state index in [-0.39, 0.29) is 6.03 Å². The molecule has 0 saturated carbocycles. The number of rotatable bonds is 5. The van der Waals surface area contributed by atoms with Crippen molar-refractivity contribution in [3.8, 4) is 5.82 Å². The molecule has 1 aliphatic rings. The van der Waals surface area contributed by atoms with Gasteiger partial charge in [-0.2, -0.15) is 5.10 Å². The Morgan fingerprint density at radius 1 is 1.52 bits per heavy atom. The van der Waals surface area contributed by atoms with Crippen molar-refractivity contribution >= 4 is 11.7 Å². The second kappa shape index (κ2) is 7.23. The van der Waals surface area contributed by atoms with Crippen LogP contribution in [0.4, 0.5) is 10.5 Å². The second-order valence-corrected chi connectivity index (χ2v) is 5.55. The molecule has 1 N–H and O–H groups in total. The van der Waals surface area contributed by atoms with Crippen molar-refractivity contribution in [2.75, 3.05) is 31.6 Å². The molecular formula is C16H21N5O2. The van der Waals surface area contributed by atoms with E-state index in [0.717, 1.165) is 26.2 Å². The number of urea groups is 1. The Labute approximate surface area is 135 Å². The van der Waals surface area contributed by atoms with Gasteiger partial charge in [-0.3, -0.25) is 0 Å². The molecule has 0 radical (unpaired) electrons. The van der Waals surface area contributed by atoms with E-state index in [9.17, 15) is 4.79 Å². The van der Waals surface area contributed by atoms with Crippen LogP contribution in [-0.2, 0) is 4.74 Å². The first kappa shape index (κ1) is 15.5. The SMILES string of the molecule is CCN(CC1CCOC1)C(=O)Nc1ccc(-n2cccn2)nc1. The van der Waals surface area contributed by atoms with E-state index in [1.807, 2.05) is 31.3 Å². The first-order valence-electron chi connectivity index (χ1n) is 7.86. The monoisotopic (exact) mass is 315 g/mol. The maximum Gasteiger partial charge on any atom is 0.321 e.